The molecule has 1 aliphatic heterocycles. The number of carbonyl (C=O) groups is 2. The van der Waals surface area contributed by atoms with Crippen LogP contribution in [0.3, 0.4) is 0 Å². The zero-order valence-corrected chi connectivity index (χ0v) is 11.9. The van der Waals surface area contributed by atoms with Crippen LogP contribution < -0.4 is 5.32 Å². The van der Waals surface area contributed by atoms with E-state index >= 15 is 0 Å². The van der Waals surface area contributed by atoms with E-state index in [0.717, 1.165) is 0 Å². The molecule has 0 bridgehead atoms. The number of morpholine rings is 1. The molecule has 1 atom stereocenters. The molecule has 1 aliphatic rings. The van der Waals surface area contributed by atoms with Gasteiger partial charge < -0.3 is 20.1 Å². The molecule has 1 aromatic carbocycles. The fraction of sp³-hybridized carbons (Fsp3) is 0.333. The number of aliphatic carboxylic acids is 1. The summed E-state index contributed by atoms with van der Waals surface area (Å²) in [5.74, 6) is -1.57. The van der Waals surface area contributed by atoms with Crippen LogP contribution in [0.25, 0.3) is 0 Å². The average Bonchev–Trinajstić information content (AvgIpc) is 2.41. The fourth-order valence-corrected chi connectivity index (χ4v) is 2.28. The number of ether oxygens (including phenoxy) is 1. The van der Waals surface area contributed by atoms with Crippen LogP contribution in [0.2, 0.25) is 0 Å². The number of urea groups is 1. The Bertz CT molecular complexity index is 540. The minimum absolute atomic E-state index is 0.0483. The molecule has 1 heterocycles. The van der Waals surface area contributed by atoms with Gasteiger partial charge in [-0.1, -0.05) is 0 Å². The molecule has 2 rings (SSSR count). The molecule has 2 amide bonds. The second kappa shape index (κ2) is 6.19. The van der Waals surface area contributed by atoms with Crippen molar-refractivity contribution in [1.29, 1.82) is 0 Å². The van der Waals surface area contributed by atoms with Gasteiger partial charge in [0, 0.05) is 11.0 Å². The third kappa shape index (κ3) is 3.26. The number of carboxylic acid groups (broad SMARTS) is 1. The largest absolute Gasteiger partial charge is 0.480 e. The standard InChI is InChI=1S/C12H12BrFN2O4/c13-8-5-7(14)1-2-9(8)15-12(19)16-3-4-20-6-10(16)11(17)18/h1-2,5,10H,3-4,6H2,(H,15,19)(H,17,18). The van der Waals surface area contributed by atoms with Crippen LogP contribution in [-0.4, -0.2) is 47.8 Å². The molecule has 20 heavy (non-hydrogen) atoms. The van der Waals surface area contributed by atoms with Crippen molar-refractivity contribution in [1.82, 2.24) is 4.90 Å². The second-order valence-corrected chi connectivity index (χ2v) is 5.03. The fourth-order valence-electron chi connectivity index (χ4n) is 1.83. The topological polar surface area (TPSA) is 78.9 Å². The maximum absolute atomic E-state index is 13.0. The van der Waals surface area contributed by atoms with E-state index in [0.29, 0.717) is 10.2 Å². The molecule has 108 valence electrons. The van der Waals surface area contributed by atoms with E-state index in [1.807, 2.05) is 0 Å². The lowest BCUT2D eigenvalue weighted by molar-refractivity contribution is -0.147. The van der Waals surface area contributed by atoms with Gasteiger partial charge in [-0.15, -0.1) is 0 Å². The molecule has 0 aromatic heterocycles. The summed E-state index contributed by atoms with van der Waals surface area (Å²) >= 11 is 3.13. The first kappa shape index (κ1) is 14.7. The van der Waals surface area contributed by atoms with Gasteiger partial charge in [-0.2, -0.15) is 0 Å². The summed E-state index contributed by atoms with van der Waals surface area (Å²) in [6, 6.07) is 2.22. The van der Waals surface area contributed by atoms with Gasteiger partial charge in [-0.05, 0) is 34.1 Å². The molecule has 0 spiro atoms. The number of amides is 2. The van der Waals surface area contributed by atoms with Crippen molar-refractivity contribution in [3.05, 3.63) is 28.5 Å². The van der Waals surface area contributed by atoms with Gasteiger partial charge in [0.25, 0.3) is 0 Å². The number of hydrogen-bond donors (Lipinski definition) is 2. The van der Waals surface area contributed by atoms with E-state index in [-0.39, 0.29) is 19.8 Å². The van der Waals surface area contributed by atoms with Gasteiger partial charge in [-0.25, -0.2) is 14.0 Å². The number of anilines is 1. The Morgan fingerprint density at radius 3 is 2.90 bits per heavy atom. The van der Waals surface area contributed by atoms with E-state index in [4.69, 9.17) is 9.84 Å². The van der Waals surface area contributed by atoms with Gasteiger partial charge in [0.05, 0.1) is 18.9 Å². The SMILES string of the molecule is O=C(O)C1COCCN1C(=O)Nc1ccc(F)cc1Br. The van der Waals surface area contributed by atoms with Gasteiger partial charge in [-0.3, -0.25) is 0 Å². The first-order valence-corrected chi connectivity index (χ1v) is 6.61. The summed E-state index contributed by atoms with van der Waals surface area (Å²) in [5, 5.41) is 11.6. The quantitative estimate of drug-likeness (QED) is 0.857. The van der Waals surface area contributed by atoms with E-state index in [1.165, 1.54) is 23.1 Å². The van der Waals surface area contributed by atoms with Crippen LogP contribution in [0, 0.1) is 5.82 Å². The highest BCUT2D eigenvalue weighted by Gasteiger charge is 2.32. The highest BCUT2D eigenvalue weighted by Crippen LogP contribution is 2.23. The number of rotatable bonds is 2. The molecule has 1 aromatic rings. The van der Waals surface area contributed by atoms with E-state index in [9.17, 15) is 14.0 Å². The lowest BCUT2D eigenvalue weighted by Gasteiger charge is -2.32. The average molecular weight is 347 g/mol. The Morgan fingerprint density at radius 2 is 2.25 bits per heavy atom. The number of nitrogens with one attached hydrogen (secondary N) is 1. The maximum Gasteiger partial charge on any atom is 0.328 e. The lowest BCUT2D eigenvalue weighted by Crippen LogP contribution is -2.53. The number of halogens is 2. The Hall–Kier alpha value is -1.67. The van der Waals surface area contributed by atoms with Crippen molar-refractivity contribution < 1.29 is 23.8 Å². The highest BCUT2D eigenvalue weighted by molar-refractivity contribution is 9.10. The van der Waals surface area contributed by atoms with Gasteiger partial charge in [0.1, 0.15) is 5.82 Å². The maximum atomic E-state index is 13.0. The highest BCUT2D eigenvalue weighted by atomic mass is 79.9. The molecule has 6 nitrogen and oxygen atoms in total. The summed E-state index contributed by atoms with van der Waals surface area (Å²) in [5.41, 5.74) is 0.368. The summed E-state index contributed by atoms with van der Waals surface area (Å²) in [6.45, 7) is 0.413. The minimum atomic E-state index is -1.13. The Kier molecular flexibility index (Phi) is 4.56. The van der Waals surface area contributed by atoms with Crippen LogP contribution in [0.5, 0.6) is 0 Å². The summed E-state index contributed by atoms with van der Waals surface area (Å²) < 4.78 is 18.4. The van der Waals surface area contributed by atoms with Crippen molar-refractivity contribution in [3.8, 4) is 0 Å². The number of carboxylic acids is 1. The van der Waals surface area contributed by atoms with Crippen LogP contribution in [0.4, 0.5) is 14.9 Å². The van der Waals surface area contributed by atoms with Crippen molar-refractivity contribution in [3.63, 3.8) is 0 Å². The minimum Gasteiger partial charge on any atom is -0.480 e. The molecule has 2 N–H and O–H groups in total. The third-order valence-corrected chi connectivity index (χ3v) is 3.50. The van der Waals surface area contributed by atoms with E-state index in [2.05, 4.69) is 21.2 Å². The molecular formula is C12H12BrFN2O4. The first-order chi connectivity index (χ1) is 9.49. The van der Waals surface area contributed by atoms with Gasteiger partial charge >= 0.3 is 12.0 Å². The van der Waals surface area contributed by atoms with Crippen LogP contribution in [0.15, 0.2) is 22.7 Å². The Morgan fingerprint density at radius 1 is 1.50 bits per heavy atom. The number of carbonyl (C=O) groups excluding carboxylic acids is 1. The van der Waals surface area contributed by atoms with Gasteiger partial charge in [0.15, 0.2) is 6.04 Å². The Balaban J connectivity index is 2.12. The predicted molar refractivity (Wildman–Crippen MR) is 72.1 cm³/mol. The van der Waals surface area contributed by atoms with Crippen molar-refractivity contribution in [2.75, 3.05) is 25.1 Å². The molecule has 8 heteroatoms. The van der Waals surface area contributed by atoms with Crippen LogP contribution in [-0.2, 0) is 9.53 Å². The van der Waals surface area contributed by atoms with Crippen molar-refractivity contribution in [2.45, 2.75) is 6.04 Å². The second-order valence-electron chi connectivity index (χ2n) is 4.18. The van der Waals surface area contributed by atoms with E-state index < -0.39 is 23.9 Å². The monoisotopic (exact) mass is 346 g/mol. The Labute approximate surface area is 122 Å². The van der Waals surface area contributed by atoms with Crippen LogP contribution >= 0.6 is 15.9 Å². The van der Waals surface area contributed by atoms with Crippen molar-refractivity contribution in [2.24, 2.45) is 0 Å². The molecule has 1 saturated heterocycles. The number of hydrogen-bond acceptors (Lipinski definition) is 3. The molecule has 1 unspecified atom stereocenters. The number of benzene rings is 1. The first-order valence-electron chi connectivity index (χ1n) is 5.82. The van der Waals surface area contributed by atoms with Gasteiger partial charge in [0.2, 0.25) is 0 Å². The lowest BCUT2D eigenvalue weighted by atomic mass is 10.2. The molecule has 0 aliphatic carbocycles. The molecule has 0 radical (unpaired) electrons. The smallest absolute Gasteiger partial charge is 0.328 e. The van der Waals surface area contributed by atoms with E-state index in [1.54, 1.807) is 0 Å². The van der Waals surface area contributed by atoms with Crippen molar-refractivity contribution >= 4 is 33.6 Å². The summed E-state index contributed by atoms with van der Waals surface area (Å²) in [6.07, 6.45) is 0. The third-order valence-electron chi connectivity index (χ3n) is 2.85. The molecular weight excluding hydrogens is 335 g/mol. The normalized spacial score (nSPS) is 18.7. The molecule has 1 fully saturated rings. The van der Waals surface area contributed by atoms with Crippen LogP contribution in [0.1, 0.15) is 0 Å². The zero-order valence-electron chi connectivity index (χ0n) is 10.3. The summed E-state index contributed by atoms with van der Waals surface area (Å²) in [7, 11) is 0. The number of nitrogens with zero attached hydrogens (tertiary/aromatic N) is 1. The summed E-state index contributed by atoms with van der Waals surface area (Å²) in [4.78, 5) is 24.4. The predicted octanol–water partition coefficient (Wildman–Crippen LogP) is 1.91. The molecule has 0 saturated carbocycles. The zero-order chi connectivity index (χ0) is 14.7.